The minimum absolute atomic E-state index is 0.0864. The van der Waals surface area contributed by atoms with Crippen LogP contribution in [0.4, 0.5) is 0 Å². The molecule has 3 aromatic rings. The van der Waals surface area contributed by atoms with E-state index >= 15 is 0 Å². The topological polar surface area (TPSA) is 88.9 Å². The maximum atomic E-state index is 12.3. The lowest BCUT2D eigenvalue weighted by molar-refractivity contribution is 0.200. The van der Waals surface area contributed by atoms with Crippen molar-refractivity contribution in [2.45, 2.75) is 30.2 Å². The predicted molar refractivity (Wildman–Crippen MR) is 110 cm³/mol. The van der Waals surface area contributed by atoms with Crippen LogP contribution in [-0.2, 0) is 16.4 Å². The smallest absolute Gasteiger partial charge is 0.178 e. The number of pyridine rings is 2. The molecule has 0 amide bonds. The van der Waals surface area contributed by atoms with Gasteiger partial charge in [-0.15, -0.1) is 0 Å². The van der Waals surface area contributed by atoms with Gasteiger partial charge in [0.05, 0.1) is 11.4 Å². The first kappa shape index (κ1) is 19.6. The molecule has 4 heterocycles. The largest absolute Gasteiger partial charge is 0.297 e. The Bertz CT molecular complexity index is 1070. The minimum Gasteiger partial charge on any atom is -0.297 e. The molecule has 0 atom stereocenters. The summed E-state index contributed by atoms with van der Waals surface area (Å²) in [5.74, 6) is 0.619. The molecule has 0 aromatic carbocycles. The molecule has 0 radical (unpaired) electrons. The van der Waals surface area contributed by atoms with Crippen LogP contribution in [0.5, 0.6) is 0 Å². The first-order valence-corrected chi connectivity index (χ1v) is 11.5. The fraction of sp³-hybridized carbons (Fsp3) is 0.333. The number of sulfone groups is 1. The summed E-state index contributed by atoms with van der Waals surface area (Å²) in [6.07, 6.45) is 9.54. The molecule has 29 heavy (non-hydrogen) atoms. The van der Waals surface area contributed by atoms with Gasteiger partial charge in [0.1, 0.15) is 4.90 Å². The Morgan fingerprint density at radius 2 is 1.79 bits per heavy atom. The Labute approximate surface area is 170 Å². The molecule has 1 fully saturated rings. The molecule has 1 aliphatic rings. The molecule has 0 bridgehead atoms. The molecular formula is C21H23N5O2S. The third-order valence-electron chi connectivity index (χ3n) is 5.21. The molecule has 0 unspecified atom stereocenters. The van der Waals surface area contributed by atoms with Crippen LogP contribution < -0.4 is 0 Å². The standard InChI is InChI=1S/C21H23N5O2S/c1-29(27,28)19-14-24-21(17-5-10-22-11-6-17)25-20(19)16-7-12-26(13-8-16)15-18-4-2-3-9-23-18/h2-6,9-11,14,16H,7-8,12-13,15H2,1H3. The minimum atomic E-state index is -3.40. The van der Waals surface area contributed by atoms with E-state index in [1.807, 2.05) is 36.5 Å². The monoisotopic (exact) mass is 409 g/mol. The average Bonchev–Trinajstić information content (AvgIpc) is 2.75. The molecule has 0 spiro atoms. The van der Waals surface area contributed by atoms with Gasteiger partial charge in [0.2, 0.25) is 0 Å². The van der Waals surface area contributed by atoms with Gasteiger partial charge in [-0.05, 0) is 50.2 Å². The number of likely N-dealkylation sites (tertiary alicyclic amines) is 1. The van der Waals surface area contributed by atoms with Gasteiger partial charge >= 0.3 is 0 Å². The molecule has 1 saturated heterocycles. The Balaban J connectivity index is 1.57. The van der Waals surface area contributed by atoms with Crippen LogP contribution in [0.3, 0.4) is 0 Å². The molecule has 1 aliphatic heterocycles. The second-order valence-electron chi connectivity index (χ2n) is 7.32. The van der Waals surface area contributed by atoms with E-state index < -0.39 is 9.84 Å². The van der Waals surface area contributed by atoms with E-state index in [-0.39, 0.29) is 10.8 Å². The zero-order valence-corrected chi connectivity index (χ0v) is 17.1. The summed E-state index contributed by atoms with van der Waals surface area (Å²) in [7, 11) is -3.40. The summed E-state index contributed by atoms with van der Waals surface area (Å²) in [6.45, 7) is 2.55. The van der Waals surface area contributed by atoms with E-state index in [9.17, 15) is 8.42 Å². The summed E-state index contributed by atoms with van der Waals surface area (Å²) >= 11 is 0. The van der Waals surface area contributed by atoms with Crippen LogP contribution in [0, 0.1) is 0 Å². The van der Waals surface area contributed by atoms with Crippen LogP contribution >= 0.6 is 0 Å². The Kier molecular flexibility index (Phi) is 5.64. The number of hydrogen-bond acceptors (Lipinski definition) is 7. The van der Waals surface area contributed by atoms with E-state index in [1.54, 1.807) is 12.4 Å². The van der Waals surface area contributed by atoms with E-state index in [0.717, 1.165) is 43.7 Å². The fourth-order valence-electron chi connectivity index (χ4n) is 3.69. The van der Waals surface area contributed by atoms with E-state index in [1.165, 1.54) is 12.5 Å². The van der Waals surface area contributed by atoms with Crippen molar-refractivity contribution in [3.05, 3.63) is 66.5 Å². The fourth-order valence-corrected chi connectivity index (χ4v) is 4.52. The quantitative estimate of drug-likeness (QED) is 0.640. The highest BCUT2D eigenvalue weighted by molar-refractivity contribution is 7.90. The van der Waals surface area contributed by atoms with Gasteiger partial charge in [-0.1, -0.05) is 6.07 Å². The van der Waals surface area contributed by atoms with Crippen molar-refractivity contribution in [1.82, 2.24) is 24.8 Å². The highest BCUT2D eigenvalue weighted by Gasteiger charge is 2.28. The Hall–Kier alpha value is -2.71. The van der Waals surface area contributed by atoms with Gasteiger partial charge in [-0.25, -0.2) is 18.4 Å². The Morgan fingerprint density at radius 3 is 2.45 bits per heavy atom. The third-order valence-corrected chi connectivity index (χ3v) is 6.32. The molecule has 150 valence electrons. The predicted octanol–water partition coefficient (Wildman–Crippen LogP) is 2.72. The van der Waals surface area contributed by atoms with Crippen molar-refractivity contribution in [1.29, 1.82) is 0 Å². The van der Waals surface area contributed by atoms with Crippen LogP contribution in [0.25, 0.3) is 11.4 Å². The molecule has 0 aliphatic carbocycles. The third kappa shape index (κ3) is 4.65. The Morgan fingerprint density at radius 1 is 1.03 bits per heavy atom. The van der Waals surface area contributed by atoms with Gasteiger partial charge in [0.25, 0.3) is 0 Å². The maximum absolute atomic E-state index is 12.3. The lowest BCUT2D eigenvalue weighted by Crippen LogP contribution is -2.33. The van der Waals surface area contributed by atoms with Crippen LogP contribution in [-0.4, -0.2) is 52.6 Å². The maximum Gasteiger partial charge on any atom is 0.178 e. The lowest BCUT2D eigenvalue weighted by atomic mass is 9.93. The van der Waals surface area contributed by atoms with Gasteiger partial charge in [-0.3, -0.25) is 14.9 Å². The van der Waals surface area contributed by atoms with Crippen LogP contribution in [0.15, 0.2) is 60.0 Å². The van der Waals surface area contributed by atoms with E-state index in [2.05, 4.69) is 19.9 Å². The van der Waals surface area contributed by atoms with Gasteiger partial charge < -0.3 is 0 Å². The number of aromatic nitrogens is 4. The molecule has 7 nitrogen and oxygen atoms in total. The van der Waals surface area contributed by atoms with Gasteiger partial charge in [0.15, 0.2) is 15.7 Å². The molecule has 3 aromatic heterocycles. The van der Waals surface area contributed by atoms with Crippen LogP contribution in [0.1, 0.15) is 30.1 Å². The second-order valence-corrected chi connectivity index (χ2v) is 9.31. The summed E-state index contributed by atoms with van der Waals surface area (Å²) in [5.41, 5.74) is 2.51. The number of hydrogen-bond donors (Lipinski definition) is 0. The first-order chi connectivity index (χ1) is 14.0. The summed E-state index contributed by atoms with van der Waals surface area (Å²) < 4.78 is 24.7. The lowest BCUT2D eigenvalue weighted by Gasteiger charge is -2.32. The summed E-state index contributed by atoms with van der Waals surface area (Å²) in [4.78, 5) is 20.0. The highest BCUT2D eigenvalue weighted by atomic mass is 32.2. The molecule has 0 saturated carbocycles. The second kappa shape index (κ2) is 8.34. The van der Waals surface area contributed by atoms with Crippen molar-refractivity contribution in [3.63, 3.8) is 0 Å². The number of nitrogens with zero attached hydrogens (tertiary/aromatic N) is 5. The molecule has 4 rings (SSSR count). The number of rotatable bonds is 5. The van der Waals surface area contributed by atoms with Crippen molar-refractivity contribution >= 4 is 9.84 Å². The number of piperidine rings is 1. The van der Waals surface area contributed by atoms with Gasteiger partial charge in [-0.2, -0.15) is 0 Å². The molecular weight excluding hydrogens is 386 g/mol. The van der Waals surface area contributed by atoms with E-state index in [4.69, 9.17) is 4.98 Å². The van der Waals surface area contributed by atoms with Crippen molar-refractivity contribution in [2.24, 2.45) is 0 Å². The molecule has 8 heteroatoms. The highest BCUT2D eigenvalue weighted by Crippen LogP contribution is 2.32. The van der Waals surface area contributed by atoms with Crippen LogP contribution in [0.2, 0.25) is 0 Å². The normalized spacial score (nSPS) is 16.0. The first-order valence-electron chi connectivity index (χ1n) is 9.60. The van der Waals surface area contributed by atoms with Crippen molar-refractivity contribution in [3.8, 4) is 11.4 Å². The summed E-state index contributed by atoms with van der Waals surface area (Å²) in [5, 5.41) is 0. The SMILES string of the molecule is CS(=O)(=O)c1cnc(-c2ccncc2)nc1C1CCN(Cc2ccccn2)CC1. The van der Waals surface area contributed by atoms with Crippen molar-refractivity contribution in [2.75, 3.05) is 19.3 Å². The average molecular weight is 410 g/mol. The van der Waals surface area contributed by atoms with Gasteiger partial charge in [0, 0.05) is 49.1 Å². The zero-order chi connectivity index (χ0) is 20.3. The van der Waals surface area contributed by atoms with Crippen molar-refractivity contribution < 1.29 is 8.42 Å². The van der Waals surface area contributed by atoms with E-state index in [0.29, 0.717) is 11.5 Å². The zero-order valence-electron chi connectivity index (χ0n) is 16.3. The molecule has 0 N–H and O–H groups in total. The summed E-state index contributed by atoms with van der Waals surface area (Å²) in [6, 6.07) is 9.59.